The highest BCUT2D eigenvalue weighted by molar-refractivity contribution is 7.92. The molecule has 0 aromatic rings. The van der Waals surface area contributed by atoms with Gasteiger partial charge in [0.25, 0.3) is 0 Å². The van der Waals surface area contributed by atoms with Gasteiger partial charge in [-0.15, -0.1) is 0 Å². The van der Waals surface area contributed by atoms with Crippen LogP contribution in [0.2, 0.25) is 0 Å². The van der Waals surface area contributed by atoms with Gasteiger partial charge in [-0.1, -0.05) is 26.7 Å². The standard InChI is InChI=1S/C15H30N2O3S/c1-3-5-6-12-21(19,20)13-15(18)17(11-4-2)14-7-9-16-10-8-14/h14,16H,3-13H2,1-2H3. The third kappa shape index (κ3) is 6.78. The molecule has 0 aromatic carbocycles. The number of hydrogen-bond donors (Lipinski definition) is 1. The Kier molecular flexibility index (Phi) is 8.26. The van der Waals surface area contributed by atoms with Crippen LogP contribution in [0.1, 0.15) is 52.4 Å². The fourth-order valence-corrected chi connectivity index (χ4v) is 4.12. The van der Waals surface area contributed by atoms with Crippen LogP contribution in [0.3, 0.4) is 0 Å². The number of piperidine rings is 1. The molecule has 1 heterocycles. The smallest absolute Gasteiger partial charge is 0.238 e. The SMILES string of the molecule is CCCCCS(=O)(=O)CC(=O)N(CCC)C1CCNCC1. The molecule has 1 N–H and O–H groups in total. The molecule has 0 radical (unpaired) electrons. The first-order valence-electron chi connectivity index (χ1n) is 8.20. The lowest BCUT2D eigenvalue weighted by atomic mass is 10.0. The predicted molar refractivity (Wildman–Crippen MR) is 86.1 cm³/mol. The Morgan fingerprint density at radius 2 is 1.81 bits per heavy atom. The minimum atomic E-state index is -3.26. The van der Waals surface area contributed by atoms with E-state index in [0.29, 0.717) is 13.0 Å². The molecule has 0 saturated carbocycles. The lowest BCUT2D eigenvalue weighted by molar-refractivity contribution is -0.131. The van der Waals surface area contributed by atoms with Crippen molar-refractivity contribution in [3.63, 3.8) is 0 Å². The van der Waals surface area contributed by atoms with Crippen molar-refractivity contribution in [2.45, 2.75) is 58.4 Å². The zero-order chi connectivity index (χ0) is 15.7. The van der Waals surface area contributed by atoms with Gasteiger partial charge in [0.1, 0.15) is 5.75 Å². The Hall–Kier alpha value is -0.620. The van der Waals surface area contributed by atoms with Gasteiger partial charge in [0.15, 0.2) is 9.84 Å². The quantitative estimate of drug-likeness (QED) is 0.656. The summed E-state index contributed by atoms with van der Waals surface area (Å²) in [5.74, 6) is -0.389. The summed E-state index contributed by atoms with van der Waals surface area (Å²) in [6.45, 7) is 6.53. The summed E-state index contributed by atoms with van der Waals surface area (Å²) in [7, 11) is -3.26. The predicted octanol–water partition coefficient (Wildman–Crippen LogP) is 1.58. The van der Waals surface area contributed by atoms with Crippen molar-refractivity contribution in [3.05, 3.63) is 0 Å². The summed E-state index contributed by atoms with van der Waals surface area (Å²) in [4.78, 5) is 14.2. The number of carbonyl (C=O) groups is 1. The van der Waals surface area contributed by atoms with Crippen LogP contribution < -0.4 is 5.32 Å². The molecule has 0 spiro atoms. The topological polar surface area (TPSA) is 66.5 Å². The molecule has 1 amide bonds. The first-order valence-corrected chi connectivity index (χ1v) is 10.0. The van der Waals surface area contributed by atoms with Crippen molar-refractivity contribution in [2.24, 2.45) is 0 Å². The van der Waals surface area contributed by atoms with Gasteiger partial charge >= 0.3 is 0 Å². The summed E-state index contributed by atoms with van der Waals surface area (Å²) >= 11 is 0. The van der Waals surface area contributed by atoms with Gasteiger partial charge in [0, 0.05) is 12.6 Å². The van der Waals surface area contributed by atoms with E-state index in [-0.39, 0.29) is 23.5 Å². The van der Waals surface area contributed by atoms with Crippen molar-refractivity contribution in [1.82, 2.24) is 10.2 Å². The molecule has 1 saturated heterocycles. The highest BCUT2D eigenvalue weighted by Gasteiger charge is 2.27. The maximum absolute atomic E-state index is 12.4. The average molecular weight is 318 g/mol. The third-order valence-electron chi connectivity index (χ3n) is 3.94. The highest BCUT2D eigenvalue weighted by atomic mass is 32.2. The third-order valence-corrected chi connectivity index (χ3v) is 5.53. The van der Waals surface area contributed by atoms with E-state index >= 15 is 0 Å². The van der Waals surface area contributed by atoms with E-state index in [1.165, 1.54) is 0 Å². The van der Waals surface area contributed by atoms with Crippen molar-refractivity contribution >= 4 is 15.7 Å². The minimum absolute atomic E-state index is 0.138. The van der Waals surface area contributed by atoms with Crippen LogP contribution in [-0.4, -0.2) is 56.4 Å². The Morgan fingerprint density at radius 1 is 1.14 bits per heavy atom. The lowest BCUT2D eigenvalue weighted by Crippen LogP contribution is -2.48. The molecule has 0 unspecified atom stereocenters. The molecular weight excluding hydrogens is 288 g/mol. The zero-order valence-corrected chi connectivity index (χ0v) is 14.3. The van der Waals surface area contributed by atoms with Gasteiger partial charge in [-0.05, 0) is 38.8 Å². The molecule has 0 bridgehead atoms. The number of carbonyl (C=O) groups excluding carboxylic acids is 1. The van der Waals surface area contributed by atoms with E-state index in [1.54, 1.807) is 4.90 Å². The van der Waals surface area contributed by atoms with E-state index in [1.807, 2.05) is 13.8 Å². The number of nitrogens with zero attached hydrogens (tertiary/aromatic N) is 1. The summed E-state index contributed by atoms with van der Waals surface area (Å²) in [6, 6.07) is 0.199. The van der Waals surface area contributed by atoms with Gasteiger partial charge in [-0.2, -0.15) is 0 Å². The van der Waals surface area contributed by atoms with Crippen molar-refractivity contribution in [2.75, 3.05) is 31.1 Å². The molecule has 1 aliphatic rings. The average Bonchev–Trinajstić information content (AvgIpc) is 2.45. The second kappa shape index (κ2) is 9.41. The van der Waals surface area contributed by atoms with Crippen molar-refractivity contribution in [1.29, 1.82) is 0 Å². The van der Waals surface area contributed by atoms with Gasteiger partial charge in [0.05, 0.1) is 5.75 Å². The minimum Gasteiger partial charge on any atom is -0.339 e. The Balaban J connectivity index is 2.59. The second-order valence-corrected chi connectivity index (χ2v) is 8.05. The molecule has 1 aliphatic heterocycles. The van der Waals surface area contributed by atoms with E-state index < -0.39 is 9.84 Å². The van der Waals surface area contributed by atoms with Crippen LogP contribution in [0, 0.1) is 0 Å². The van der Waals surface area contributed by atoms with Gasteiger partial charge < -0.3 is 10.2 Å². The fraction of sp³-hybridized carbons (Fsp3) is 0.933. The Morgan fingerprint density at radius 3 is 2.38 bits per heavy atom. The summed E-state index contributed by atoms with van der Waals surface area (Å²) in [5.41, 5.74) is 0. The summed E-state index contributed by atoms with van der Waals surface area (Å²) in [5, 5.41) is 3.28. The molecule has 5 nitrogen and oxygen atoms in total. The number of nitrogens with one attached hydrogen (secondary N) is 1. The Bertz CT molecular complexity index is 403. The largest absolute Gasteiger partial charge is 0.339 e. The first-order chi connectivity index (χ1) is 10.00. The van der Waals surface area contributed by atoms with Crippen molar-refractivity contribution < 1.29 is 13.2 Å². The lowest BCUT2D eigenvalue weighted by Gasteiger charge is -2.34. The molecule has 0 aromatic heterocycles. The summed E-state index contributed by atoms with van der Waals surface area (Å²) in [6.07, 6.45) is 5.25. The van der Waals surface area contributed by atoms with Gasteiger partial charge in [-0.3, -0.25) is 4.79 Å². The number of rotatable bonds is 9. The van der Waals surface area contributed by atoms with Crippen LogP contribution in [-0.2, 0) is 14.6 Å². The van der Waals surface area contributed by atoms with Crippen LogP contribution in [0.15, 0.2) is 0 Å². The van der Waals surface area contributed by atoms with E-state index in [9.17, 15) is 13.2 Å². The molecule has 1 fully saturated rings. The first kappa shape index (κ1) is 18.4. The molecule has 6 heteroatoms. The molecule has 1 rings (SSSR count). The van der Waals surface area contributed by atoms with Crippen molar-refractivity contribution in [3.8, 4) is 0 Å². The maximum atomic E-state index is 12.4. The van der Waals surface area contributed by atoms with Gasteiger partial charge in [-0.25, -0.2) is 8.42 Å². The summed E-state index contributed by atoms with van der Waals surface area (Å²) < 4.78 is 24.1. The van der Waals surface area contributed by atoms with Gasteiger partial charge in [0.2, 0.25) is 5.91 Å². The van der Waals surface area contributed by atoms with Crippen LogP contribution in [0.4, 0.5) is 0 Å². The van der Waals surface area contributed by atoms with E-state index in [0.717, 1.165) is 45.2 Å². The molecule has 0 aliphatic carbocycles. The highest BCUT2D eigenvalue weighted by Crippen LogP contribution is 2.14. The van der Waals surface area contributed by atoms with Crippen LogP contribution >= 0.6 is 0 Å². The molecule has 124 valence electrons. The number of unbranched alkanes of at least 4 members (excludes halogenated alkanes) is 2. The number of sulfone groups is 1. The van der Waals surface area contributed by atoms with Crippen LogP contribution in [0.5, 0.6) is 0 Å². The molecule has 21 heavy (non-hydrogen) atoms. The van der Waals surface area contributed by atoms with E-state index in [4.69, 9.17) is 0 Å². The maximum Gasteiger partial charge on any atom is 0.238 e. The zero-order valence-electron chi connectivity index (χ0n) is 13.4. The number of hydrogen-bond acceptors (Lipinski definition) is 4. The molecule has 0 atom stereocenters. The second-order valence-electron chi connectivity index (χ2n) is 5.87. The van der Waals surface area contributed by atoms with Crippen LogP contribution in [0.25, 0.3) is 0 Å². The Labute approximate surface area is 129 Å². The van der Waals surface area contributed by atoms with E-state index in [2.05, 4.69) is 5.32 Å². The normalized spacial score (nSPS) is 16.9. The molecular formula is C15H30N2O3S. The monoisotopic (exact) mass is 318 g/mol. The fourth-order valence-electron chi connectivity index (χ4n) is 2.79. The number of amides is 1.